The maximum absolute atomic E-state index is 11.2. The van der Waals surface area contributed by atoms with E-state index in [0.29, 0.717) is 0 Å². The molecule has 0 saturated carbocycles. The minimum Gasteiger partial charge on any atom is -0.206 e. The number of hydrogen-bond acceptors (Lipinski definition) is 3. The molecule has 1 aromatic carbocycles. The summed E-state index contributed by atoms with van der Waals surface area (Å²) in [5.74, 6) is 0. The molecular formula is C13H13ClO2S2. The van der Waals surface area contributed by atoms with Crippen molar-refractivity contribution in [1.29, 1.82) is 0 Å². The van der Waals surface area contributed by atoms with Gasteiger partial charge in [0.05, 0.1) is 0 Å². The highest BCUT2D eigenvalue weighted by atomic mass is 35.7. The third-order valence-corrected chi connectivity index (χ3v) is 5.83. The van der Waals surface area contributed by atoms with E-state index < -0.39 is 9.05 Å². The molecule has 5 heteroatoms. The average molecular weight is 301 g/mol. The summed E-state index contributed by atoms with van der Waals surface area (Å²) in [6.07, 6.45) is 2.18. The molecule has 0 N–H and O–H groups in total. The van der Waals surface area contributed by atoms with Crippen molar-refractivity contribution in [2.45, 2.75) is 24.0 Å². The van der Waals surface area contributed by atoms with Crippen LogP contribution in [0.5, 0.6) is 0 Å². The van der Waals surface area contributed by atoms with Gasteiger partial charge in [-0.1, -0.05) is 37.6 Å². The maximum Gasteiger partial charge on any atom is 0.270 e. The van der Waals surface area contributed by atoms with Crippen LogP contribution in [0.15, 0.2) is 40.6 Å². The lowest BCUT2D eigenvalue weighted by Crippen LogP contribution is -1.83. The summed E-state index contributed by atoms with van der Waals surface area (Å²) >= 11 is 1.19. The van der Waals surface area contributed by atoms with Crippen LogP contribution in [-0.4, -0.2) is 8.42 Å². The monoisotopic (exact) mass is 300 g/mol. The summed E-state index contributed by atoms with van der Waals surface area (Å²) in [5, 5.41) is 0. The predicted octanol–water partition coefficient (Wildman–Crippen LogP) is 4.30. The quantitative estimate of drug-likeness (QED) is 0.789. The molecule has 0 unspecified atom stereocenters. The first-order valence-corrected chi connectivity index (χ1v) is 8.77. The first kappa shape index (κ1) is 13.6. The van der Waals surface area contributed by atoms with Crippen molar-refractivity contribution < 1.29 is 8.42 Å². The van der Waals surface area contributed by atoms with Crippen molar-refractivity contribution in [3.63, 3.8) is 0 Å². The van der Waals surface area contributed by atoms with Crippen LogP contribution in [0, 0.1) is 0 Å². The van der Waals surface area contributed by atoms with E-state index in [4.69, 9.17) is 10.7 Å². The van der Waals surface area contributed by atoms with E-state index in [1.165, 1.54) is 16.9 Å². The minimum atomic E-state index is -3.62. The molecule has 2 rings (SSSR count). The Hall–Kier alpha value is -0.840. The molecule has 18 heavy (non-hydrogen) atoms. The number of hydrogen-bond donors (Lipinski definition) is 0. The highest BCUT2D eigenvalue weighted by Gasteiger charge is 2.13. The summed E-state index contributed by atoms with van der Waals surface area (Å²) in [7, 11) is 1.69. The van der Waals surface area contributed by atoms with Crippen LogP contribution < -0.4 is 0 Å². The van der Waals surface area contributed by atoms with Crippen LogP contribution in [0.25, 0.3) is 10.4 Å². The summed E-state index contributed by atoms with van der Waals surface area (Å²) in [4.78, 5) is 0.914. The molecular weight excluding hydrogens is 288 g/mol. The Bertz CT molecular complexity index is 627. The molecule has 0 spiro atoms. The molecule has 96 valence electrons. The molecule has 1 aromatic heterocycles. The van der Waals surface area contributed by atoms with Crippen LogP contribution in [0.2, 0.25) is 0 Å². The van der Waals surface area contributed by atoms with Crippen molar-refractivity contribution in [1.82, 2.24) is 0 Å². The highest BCUT2D eigenvalue weighted by molar-refractivity contribution is 8.15. The van der Waals surface area contributed by atoms with Gasteiger partial charge in [0.25, 0.3) is 9.05 Å². The molecule has 0 radical (unpaired) electrons. The fraction of sp³-hybridized carbons (Fsp3) is 0.231. The zero-order valence-corrected chi connectivity index (χ0v) is 12.3. The number of aryl methyl sites for hydroxylation is 1. The van der Waals surface area contributed by atoms with Gasteiger partial charge in [0.1, 0.15) is 4.21 Å². The molecule has 0 aliphatic carbocycles. The average Bonchev–Trinajstić information content (AvgIpc) is 2.79. The molecule has 0 aliphatic heterocycles. The van der Waals surface area contributed by atoms with Crippen LogP contribution in [0.3, 0.4) is 0 Å². The largest absolute Gasteiger partial charge is 0.270 e. The Morgan fingerprint density at radius 1 is 1.11 bits per heavy atom. The fourth-order valence-corrected chi connectivity index (χ4v) is 3.81. The van der Waals surface area contributed by atoms with Gasteiger partial charge in [-0.2, -0.15) is 0 Å². The normalized spacial score (nSPS) is 11.7. The lowest BCUT2D eigenvalue weighted by atomic mass is 10.1. The number of thiophene rings is 1. The standard InChI is InChI=1S/C13H13ClO2S2/c1-2-3-10-4-6-11(7-5-10)12-8-9-13(17-12)18(14,15)16/h4-9H,2-3H2,1H3. The molecule has 0 atom stereocenters. The molecule has 0 bridgehead atoms. The van der Waals surface area contributed by atoms with E-state index in [9.17, 15) is 8.42 Å². The summed E-state index contributed by atoms with van der Waals surface area (Å²) in [5.41, 5.74) is 2.31. The predicted molar refractivity (Wildman–Crippen MR) is 76.8 cm³/mol. The fourth-order valence-electron chi connectivity index (χ4n) is 1.73. The van der Waals surface area contributed by atoms with Gasteiger partial charge in [-0.25, -0.2) is 8.42 Å². The van der Waals surface area contributed by atoms with E-state index in [0.717, 1.165) is 23.3 Å². The van der Waals surface area contributed by atoms with E-state index >= 15 is 0 Å². The zero-order valence-electron chi connectivity index (χ0n) is 9.89. The second-order valence-electron chi connectivity index (χ2n) is 4.00. The molecule has 2 aromatic rings. The summed E-state index contributed by atoms with van der Waals surface area (Å²) in [6, 6.07) is 11.5. The SMILES string of the molecule is CCCc1ccc(-c2ccc(S(=O)(=O)Cl)s2)cc1. The summed E-state index contributed by atoms with van der Waals surface area (Å²) in [6.45, 7) is 2.14. The number of halogens is 1. The third-order valence-electron chi connectivity index (χ3n) is 2.60. The first-order valence-electron chi connectivity index (χ1n) is 5.64. The maximum atomic E-state index is 11.2. The Balaban J connectivity index is 2.29. The third kappa shape index (κ3) is 3.13. The van der Waals surface area contributed by atoms with Gasteiger partial charge in [-0.15, -0.1) is 11.3 Å². The first-order chi connectivity index (χ1) is 8.50. The lowest BCUT2D eigenvalue weighted by Gasteiger charge is -2.00. The van der Waals surface area contributed by atoms with Crippen molar-refractivity contribution >= 4 is 31.1 Å². The number of benzene rings is 1. The highest BCUT2D eigenvalue weighted by Crippen LogP contribution is 2.32. The molecule has 0 amide bonds. The van der Waals surface area contributed by atoms with Gasteiger partial charge in [0, 0.05) is 15.6 Å². The second-order valence-corrected chi connectivity index (χ2v) is 7.88. The lowest BCUT2D eigenvalue weighted by molar-refractivity contribution is 0.611. The van der Waals surface area contributed by atoms with E-state index in [-0.39, 0.29) is 4.21 Å². The van der Waals surface area contributed by atoms with Crippen LogP contribution in [0.1, 0.15) is 18.9 Å². The van der Waals surface area contributed by atoms with Gasteiger partial charge >= 0.3 is 0 Å². The minimum absolute atomic E-state index is 0.191. The van der Waals surface area contributed by atoms with Gasteiger partial charge in [0.2, 0.25) is 0 Å². The molecule has 1 heterocycles. The van der Waals surface area contributed by atoms with Crippen molar-refractivity contribution in [3.05, 3.63) is 42.0 Å². The Morgan fingerprint density at radius 2 is 1.78 bits per heavy atom. The Kier molecular flexibility index (Phi) is 4.10. The van der Waals surface area contributed by atoms with E-state index in [1.54, 1.807) is 12.1 Å². The Morgan fingerprint density at radius 3 is 2.28 bits per heavy atom. The molecule has 0 aliphatic rings. The van der Waals surface area contributed by atoms with Crippen LogP contribution in [-0.2, 0) is 15.5 Å². The van der Waals surface area contributed by atoms with Gasteiger partial charge in [-0.3, -0.25) is 0 Å². The van der Waals surface area contributed by atoms with Crippen molar-refractivity contribution in [2.24, 2.45) is 0 Å². The van der Waals surface area contributed by atoms with E-state index in [2.05, 4.69) is 19.1 Å². The van der Waals surface area contributed by atoms with Crippen LogP contribution in [0.4, 0.5) is 0 Å². The second kappa shape index (κ2) is 5.43. The van der Waals surface area contributed by atoms with Crippen molar-refractivity contribution in [3.8, 4) is 10.4 Å². The molecule has 2 nitrogen and oxygen atoms in total. The van der Waals surface area contributed by atoms with Gasteiger partial charge in [0.15, 0.2) is 0 Å². The topological polar surface area (TPSA) is 34.1 Å². The molecule has 0 saturated heterocycles. The smallest absolute Gasteiger partial charge is 0.206 e. The van der Waals surface area contributed by atoms with Crippen LogP contribution >= 0.6 is 22.0 Å². The molecule has 0 fully saturated rings. The summed E-state index contributed by atoms with van der Waals surface area (Å²) < 4.78 is 22.6. The van der Waals surface area contributed by atoms with Crippen molar-refractivity contribution in [2.75, 3.05) is 0 Å². The zero-order chi connectivity index (χ0) is 13.2. The van der Waals surface area contributed by atoms with Gasteiger partial charge in [-0.05, 0) is 29.7 Å². The Labute approximate surface area is 116 Å². The number of rotatable bonds is 4. The van der Waals surface area contributed by atoms with Gasteiger partial charge < -0.3 is 0 Å². The van der Waals surface area contributed by atoms with E-state index in [1.807, 2.05) is 12.1 Å².